The molecule has 23 heavy (non-hydrogen) atoms. The zero-order chi connectivity index (χ0) is 15.8. The molecule has 1 aromatic carbocycles. The second kappa shape index (κ2) is 5.54. The van der Waals surface area contributed by atoms with Gasteiger partial charge in [-0.3, -0.25) is 9.78 Å². The molecule has 0 saturated carbocycles. The van der Waals surface area contributed by atoms with Crippen molar-refractivity contribution in [2.75, 3.05) is 6.54 Å². The molecule has 0 N–H and O–H groups in total. The molecule has 4 rings (SSSR count). The van der Waals surface area contributed by atoms with Crippen LogP contribution in [0.2, 0.25) is 0 Å². The molecular weight excluding hydrogens is 286 g/mol. The smallest absolute Gasteiger partial charge is 0.255 e. The average Bonchev–Trinajstić information content (AvgIpc) is 3.22. The maximum atomic E-state index is 13.1. The fourth-order valence-corrected chi connectivity index (χ4v) is 3.53. The van der Waals surface area contributed by atoms with E-state index in [-0.39, 0.29) is 11.9 Å². The highest BCUT2D eigenvalue weighted by Gasteiger charge is 2.32. The number of aromatic nitrogens is 2. The molecule has 1 amide bonds. The Morgan fingerprint density at radius 3 is 2.91 bits per heavy atom. The maximum absolute atomic E-state index is 13.1. The number of hydrogen-bond donors (Lipinski definition) is 0. The normalized spacial score (nSPS) is 17.8. The number of nitrogens with zero attached hydrogens (tertiary/aromatic N) is 3. The third kappa shape index (κ3) is 2.31. The van der Waals surface area contributed by atoms with Crippen molar-refractivity contribution in [1.29, 1.82) is 0 Å². The number of benzene rings is 1. The van der Waals surface area contributed by atoms with Gasteiger partial charge in [0.15, 0.2) is 0 Å². The molecule has 0 unspecified atom stereocenters. The molecule has 1 atom stereocenters. The van der Waals surface area contributed by atoms with E-state index in [1.807, 2.05) is 65.2 Å². The first kappa shape index (κ1) is 14.0. The van der Waals surface area contributed by atoms with Crippen LogP contribution in [0.4, 0.5) is 0 Å². The molecule has 1 aliphatic rings. The van der Waals surface area contributed by atoms with E-state index in [1.54, 1.807) is 6.20 Å². The predicted octanol–water partition coefficient (Wildman–Crippen LogP) is 3.55. The fourth-order valence-electron chi connectivity index (χ4n) is 3.53. The first-order valence-electron chi connectivity index (χ1n) is 8.01. The summed E-state index contributed by atoms with van der Waals surface area (Å²) < 4.78 is 2.05. The van der Waals surface area contributed by atoms with Crippen molar-refractivity contribution >= 4 is 16.8 Å². The van der Waals surface area contributed by atoms with Gasteiger partial charge in [-0.25, -0.2) is 0 Å². The first-order chi connectivity index (χ1) is 11.3. The summed E-state index contributed by atoms with van der Waals surface area (Å²) in [4.78, 5) is 19.6. The standard InChI is InChI=1S/C19H19N3O/c1-21-13-10-14-15(6-4-8-17(14)21)19(23)22-12-5-9-18(22)16-7-2-3-11-20-16/h2-4,6-8,10-11,13,18H,5,9,12H2,1H3/t18-/m1/s1. The van der Waals surface area contributed by atoms with Crippen LogP contribution in [0.1, 0.15) is 34.9 Å². The number of rotatable bonds is 2. The third-order valence-corrected chi connectivity index (χ3v) is 4.70. The van der Waals surface area contributed by atoms with Gasteiger partial charge in [0.25, 0.3) is 5.91 Å². The van der Waals surface area contributed by atoms with Crippen LogP contribution >= 0.6 is 0 Å². The molecule has 1 aliphatic heterocycles. The molecule has 1 fully saturated rings. The van der Waals surface area contributed by atoms with Crippen LogP contribution in [-0.2, 0) is 7.05 Å². The van der Waals surface area contributed by atoms with E-state index in [1.165, 1.54) is 0 Å². The van der Waals surface area contributed by atoms with Crippen LogP contribution in [0.25, 0.3) is 10.9 Å². The average molecular weight is 305 g/mol. The summed E-state index contributed by atoms with van der Waals surface area (Å²) in [5, 5.41) is 1.02. The number of aryl methyl sites for hydroxylation is 1. The Kier molecular flexibility index (Phi) is 3.37. The fraction of sp³-hybridized carbons (Fsp3) is 0.263. The lowest BCUT2D eigenvalue weighted by molar-refractivity contribution is 0.0735. The van der Waals surface area contributed by atoms with E-state index >= 15 is 0 Å². The van der Waals surface area contributed by atoms with Crippen molar-refractivity contribution < 1.29 is 4.79 Å². The number of carbonyl (C=O) groups is 1. The number of carbonyl (C=O) groups excluding carboxylic acids is 1. The summed E-state index contributed by atoms with van der Waals surface area (Å²) in [6.45, 7) is 0.795. The summed E-state index contributed by atoms with van der Waals surface area (Å²) in [5.74, 6) is 0.106. The Morgan fingerprint density at radius 1 is 1.17 bits per heavy atom. The Morgan fingerprint density at radius 2 is 2.09 bits per heavy atom. The molecular formula is C19H19N3O. The topological polar surface area (TPSA) is 38.1 Å². The van der Waals surface area contributed by atoms with Gasteiger partial charge in [0.1, 0.15) is 0 Å². The van der Waals surface area contributed by atoms with Crippen molar-refractivity contribution in [2.24, 2.45) is 7.05 Å². The van der Waals surface area contributed by atoms with E-state index in [9.17, 15) is 4.79 Å². The van der Waals surface area contributed by atoms with Crippen molar-refractivity contribution in [3.05, 3.63) is 66.1 Å². The van der Waals surface area contributed by atoms with Crippen LogP contribution in [0.5, 0.6) is 0 Å². The van der Waals surface area contributed by atoms with Crippen LogP contribution < -0.4 is 0 Å². The monoisotopic (exact) mass is 305 g/mol. The molecule has 3 aromatic rings. The molecule has 4 heteroatoms. The Balaban J connectivity index is 1.73. The molecule has 0 spiro atoms. The predicted molar refractivity (Wildman–Crippen MR) is 90.2 cm³/mol. The van der Waals surface area contributed by atoms with Crippen molar-refractivity contribution in [3.8, 4) is 0 Å². The van der Waals surface area contributed by atoms with E-state index in [2.05, 4.69) is 4.98 Å². The quantitative estimate of drug-likeness (QED) is 0.726. The highest BCUT2D eigenvalue weighted by atomic mass is 16.2. The van der Waals surface area contributed by atoms with Crippen LogP contribution in [0, 0.1) is 0 Å². The van der Waals surface area contributed by atoms with Gasteiger partial charge < -0.3 is 9.47 Å². The van der Waals surface area contributed by atoms with Gasteiger partial charge in [0.2, 0.25) is 0 Å². The zero-order valence-electron chi connectivity index (χ0n) is 13.1. The zero-order valence-corrected chi connectivity index (χ0v) is 13.1. The highest BCUT2D eigenvalue weighted by Crippen LogP contribution is 2.33. The molecule has 0 aliphatic carbocycles. The van der Waals surface area contributed by atoms with Gasteiger partial charge in [0.05, 0.1) is 11.7 Å². The maximum Gasteiger partial charge on any atom is 0.255 e. The van der Waals surface area contributed by atoms with E-state index < -0.39 is 0 Å². The van der Waals surface area contributed by atoms with Crippen LogP contribution in [0.3, 0.4) is 0 Å². The van der Waals surface area contributed by atoms with Crippen molar-refractivity contribution in [3.63, 3.8) is 0 Å². The molecule has 4 nitrogen and oxygen atoms in total. The summed E-state index contributed by atoms with van der Waals surface area (Å²) in [6.07, 6.45) is 5.81. The largest absolute Gasteiger partial charge is 0.351 e. The molecule has 0 radical (unpaired) electrons. The number of likely N-dealkylation sites (tertiary alicyclic amines) is 1. The minimum atomic E-state index is 0.0858. The molecule has 1 saturated heterocycles. The second-order valence-corrected chi connectivity index (χ2v) is 6.08. The van der Waals surface area contributed by atoms with Crippen LogP contribution in [0.15, 0.2) is 54.9 Å². The highest BCUT2D eigenvalue weighted by molar-refractivity contribution is 6.06. The minimum absolute atomic E-state index is 0.0858. The van der Waals surface area contributed by atoms with Gasteiger partial charge in [-0.05, 0) is 43.2 Å². The van der Waals surface area contributed by atoms with Gasteiger partial charge in [-0.2, -0.15) is 0 Å². The Labute approximate surface area is 135 Å². The number of pyridine rings is 1. The van der Waals surface area contributed by atoms with Crippen LogP contribution in [-0.4, -0.2) is 26.9 Å². The lowest BCUT2D eigenvalue weighted by Crippen LogP contribution is -2.31. The van der Waals surface area contributed by atoms with Gasteiger partial charge >= 0.3 is 0 Å². The molecule has 116 valence electrons. The van der Waals surface area contributed by atoms with E-state index in [0.717, 1.165) is 41.5 Å². The lowest BCUT2D eigenvalue weighted by Gasteiger charge is -2.24. The number of hydrogen-bond acceptors (Lipinski definition) is 2. The minimum Gasteiger partial charge on any atom is -0.351 e. The van der Waals surface area contributed by atoms with Crippen molar-refractivity contribution in [1.82, 2.24) is 14.5 Å². The Hall–Kier alpha value is -2.62. The number of amides is 1. The van der Waals surface area contributed by atoms with E-state index in [0.29, 0.717) is 0 Å². The Bertz CT molecular complexity index is 853. The second-order valence-electron chi connectivity index (χ2n) is 6.08. The van der Waals surface area contributed by atoms with E-state index in [4.69, 9.17) is 0 Å². The molecule has 2 aromatic heterocycles. The summed E-state index contributed by atoms with van der Waals surface area (Å²) in [6, 6.07) is 14.0. The van der Waals surface area contributed by atoms with Gasteiger partial charge in [-0.1, -0.05) is 12.1 Å². The summed E-state index contributed by atoms with van der Waals surface area (Å²) >= 11 is 0. The molecule has 3 heterocycles. The van der Waals surface area contributed by atoms with Gasteiger partial charge in [0, 0.05) is 42.5 Å². The summed E-state index contributed by atoms with van der Waals surface area (Å²) in [7, 11) is 2.00. The lowest BCUT2D eigenvalue weighted by atomic mass is 10.1. The number of fused-ring (bicyclic) bond motifs is 1. The van der Waals surface area contributed by atoms with Crippen molar-refractivity contribution in [2.45, 2.75) is 18.9 Å². The first-order valence-corrected chi connectivity index (χ1v) is 8.01. The SMILES string of the molecule is Cn1ccc2c(C(=O)N3CCC[C@@H]3c3ccccn3)cccc21. The van der Waals surface area contributed by atoms with Gasteiger partial charge in [-0.15, -0.1) is 0 Å². The third-order valence-electron chi connectivity index (χ3n) is 4.70. The summed E-state index contributed by atoms with van der Waals surface area (Å²) in [5.41, 5.74) is 2.86. The molecule has 0 bridgehead atoms.